The summed E-state index contributed by atoms with van der Waals surface area (Å²) in [5.41, 5.74) is 1.31. The van der Waals surface area contributed by atoms with Crippen molar-refractivity contribution in [2.24, 2.45) is 0 Å². The van der Waals surface area contributed by atoms with Crippen molar-refractivity contribution >= 4 is 11.6 Å². The van der Waals surface area contributed by atoms with E-state index in [-0.39, 0.29) is 0 Å². The number of halogens is 1. The lowest BCUT2D eigenvalue weighted by molar-refractivity contribution is 0.0324. The SMILES string of the molecule is CCNC(Cc1ccc(Cl)cc1)C1CCC(C)O1. The van der Waals surface area contributed by atoms with E-state index in [2.05, 4.69) is 31.3 Å². The third-order valence-corrected chi connectivity index (χ3v) is 3.80. The van der Waals surface area contributed by atoms with E-state index in [9.17, 15) is 0 Å². The normalized spacial score (nSPS) is 25.3. The predicted octanol–water partition coefficient (Wildman–Crippen LogP) is 3.43. The van der Waals surface area contributed by atoms with Crippen LogP contribution in [-0.4, -0.2) is 24.8 Å². The smallest absolute Gasteiger partial charge is 0.0735 e. The standard InChI is InChI=1S/C15H22ClNO/c1-3-17-14(15-9-4-11(2)18-15)10-12-5-7-13(16)8-6-12/h5-8,11,14-15,17H,3-4,9-10H2,1-2H3. The molecule has 0 spiro atoms. The highest BCUT2D eigenvalue weighted by atomic mass is 35.5. The van der Waals surface area contributed by atoms with E-state index in [1.54, 1.807) is 0 Å². The van der Waals surface area contributed by atoms with E-state index in [1.807, 2.05) is 12.1 Å². The first-order chi connectivity index (χ1) is 8.69. The minimum Gasteiger partial charge on any atom is -0.374 e. The van der Waals surface area contributed by atoms with Gasteiger partial charge in [-0.2, -0.15) is 0 Å². The van der Waals surface area contributed by atoms with Crippen molar-refractivity contribution in [2.75, 3.05) is 6.54 Å². The van der Waals surface area contributed by atoms with Gasteiger partial charge in [-0.05, 0) is 50.4 Å². The molecule has 100 valence electrons. The summed E-state index contributed by atoms with van der Waals surface area (Å²) < 4.78 is 5.98. The van der Waals surface area contributed by atoms with E-state index in [0.717, 1.165) is 24.4 Å². The van der Waals surface area contributed by atoms with Gasteiger partial charge in [0.2, 0.25) is 0 Å². The summed E-state index contributed by atoms with van der Waals surface area (Å²) in [6.45, 7) is 5.28. The van der Waals surface area contributed by atoms with Crippen LogP contribution in [-0.2, 0) is 11.2 Å². The van der Waals surface area contributed by atoms with E-state index in [4.69, 9.17) is 16.3 Å². The lowest BCUT2D eigenvalue weighted by atomic mass is 9.99. The summed E-state index contributed by atoms with van der Waals surface area (Å²) >= 11 is 5.92. The average Bonchev–Trinajstić information content (AvgIpc) is 2.78. The Kier molecular flexibility index (Phi) is 5.04. The first-order valence-corrected chi connectivity index (χ1v) is 7.20. The summed E-state index contributed by atoms with van der Waals surface area (Å²) in [4.78, 5) is 0. The fourth-order valence-electron chi connectivity index (χ4n) is 2.60. The van der Waals surface area contributed by atoms with Gasteiger partial charge >= 0.3 is 0 Å². The van der Waals surface area contributed by atoms with Crippen molar-refractivity contribution in [1.29, 1.82) is 0 Å². The summed E-state index contributed by atoms with van der Waals surface area (Å²) in [5.74, 6) is 0. The number of nitrogens with one attached hydrogen (secondary N) is 1. The molecule has 1 fully saturated rings. The highest BCUT2D eigenvalue weighted by Gasteiger charge is 2.29. The summed E-state index contributed by atoms with van der Waals surface area (Å²) in [5, 5.41) is 4.35. The molecule has 0 aromatic heterocycles. The molecule has 1 aliphatic heterocycles. The zero-order valence-corrected chi connectivity index (χ0v) is 11.9. The zero-order valence-electron chi connectivity index (χ0n) is 11.2. The van der Waals surface area contributed by atoms with E-state index in [1.165, 1.54) is 12.0 Å². The molecule has 1 saturated heterocycles. The second-order valence-corrected chi connectivity index (χ2v) is 5.49. The second-order valence-electron chi connectivity index (χ2n) is 5.06. The topological polar surface area (TPSA) is 21.3 Å². The highest BCUT2D eigenvalue weighted by Crippen LogP contribution is 2.24. The molecule has 1 heterocycles. The molecule has 0 aliphatic carbocycles. The molecule has 18 heavy (non-hydrogen) atoms. The Labute approximate surface area is 115 Å². The van der Waals surface area contributed by atoms with Crippen LogP contribution in [0, 0.1) is 0 Å². The van der Waals surface area contributed by atoms with Gasteiger partial charge in [0.1, 0.15) is 0 Å². The Balaban J connectivity index is 1.99. The molecule has 2 rings (SSSR count). The molecule has 1 aromatic rings. The summed E-state index contributed by atoms with van der Waals surface area (Å²) in [6, 6.07) is 8.52. The maximum atomic E-state index is 5.98. The van der Waals surface area contributed by atoms with Gasteiger partial charge in [-0.25, -0.2) is 0 Å². The second kappa shape index (κ2) is 6.55. The summed E-state index contributed by atoms with van der Waals surface area (Å²) in [7, 11) is 0. The Bertz CT molecular complexity index is 365. The minimum absolute atomic E-state index is 0.343. The van der Waals surface area contributed by atoms with Crippen molar-refractivity contribution in [2.45, 2.75) is 51.4 Å². The van der Waals surface area contributed by atoms with Crippen LogP contribution >= 0.6 is 11.6 Å². The largest absolute Gasteiger partial charge is 0.374 e. The maximum Gasteiger partial charge on any atom is 0.0735 e. The van der Waals surface area contributed by atoms with Crippen molar-refractivity contribution in [1.82, 2.24) is 5.32 Å². The average molecular weight is 268 g/mol. The molecular weight excluding hydrogens is 246 g/mol. The summed E-state index contributed by atoms with van der Waals surface area (Å²) in [6.07, 6.45) is 4.08. The van der Waals surface area contributed by atoms with Crippen LogP contribution in [0.25, 0.3) is 0 Å². The van der Waals surface area contributed by atoms with Crippen LogP contribution in [0.15, 0.2) is 24.3 Å². The third kappa shape index (κ3) is 3.71. The van der Waals surface area contributed by atoms with Gasteiger partial charge in [-0.1, -0.05) is 30.7 Å². The zero-order chi connectivity index (χ0) is 13.0. The Morgan fingerprint density at radius 1 is 1.33 bits per heavy atom. The van der Waals surface area contributed by atoms with Crippen LogP contribution in [0.4, 0.5) is 0 Å². The van der Waals surface area contributed by atoms with Crippen LogP contribution in [0.2, 0.25) is 5.02 Å². The van der Waals surface area contributed by atoms with Crippen molar-refractivity contribution < 1.29 is 4.74 Å². The third-order valence-electron chi connectivity index (χ3n) is 3.55. The highest BCUT2D eigenvalue weighted by molar-refractivity contribution is 6.30. The van der Waals surface area contributed by atoms with Gasteiger partial charge in [0.15, 0.2) is 0 Å². The fraction of sp³-hybridized carbons (Fsp3) is 0.600. The molecule has 0 radical (unpaired) electrons. The molecule has 1 aromatic carbocycles. The van der Waals surface area contributed by atoms with Gasteiger partial charge < -0.3 is 10.1 Å². The molecule has 2 nitrogen and oxygen atoms in total. The van der Waals surface area contributed by atoms with E-state index in [0.29, 0.717) is 18.2 Å². The molecule has 1 aliphatic rings. The number of rotatable bonds is 5. The minimum atomic E-state index is 0.343. The van der Waals surface area contributed by atoms with Crippen LogP contribution in [0.5, 0.6) is 0 Å². The van der Waals surface area contributed by atoms with Gasteiger partial charge in [0.25, 0.3) is 0 Å². The van der Waals surface area contributed by atoms with E-state index < -0.39 is 0 Å². The van der Waals surface area contributed by atoms with Crippen LogP contribution in [0.1, 0.15) is 32.3 Å². The first kappa shape index (κ1) is 13.9. The molecule has 3 unspecified atom stereocenters. The maximum absolute atomic E-state index is 5.98. The number of hydrogen-bond donors (Lipinski definition) is 1. The number of ether oxygens (including phenoxy) is 1. The number of benzene rings is 1. The molecule has 0 saturated carbocycles. The van der Waals surface area contributed by atoms with Crippen molar-refractivity contribution in [3.8, 4) is 0 Å². The first-order valence-electron chi connectivity index (χ1n) is 6.82. The quantitative estimate of drug-likeness (QED) is 0.883. The van der Waals surface area contributed by atoms with Gasteiger partial charge in [0, 0.05) is 11.1 Å². The predicted molar refractivity (Wildman–Crippen MR) is 76.2 cm³/mol. The number of likely N-dealkylation sites (N-methyl/N-ethyl adjacent to an activating group) is 1. The molecular formula is C15H22ClNO. The van der Waals surface area contributed by atoms with Crippen LogP contribution in [0.3, 0.4) is 0 Å². The van der Waals surface area contributed by atoms with Gasteiger partial charge in [0.05, 0.1) is 12.2 Å². The molecule has 3 atom stereocenters. The molecule has 3 heteroatoms. The van der Waals surface area contributed by atoms with Gasteiger partial charge in [-0.15, -0.1) is 0 Å². The Morgan fingerprint density at radius 3 is 2.61 bits per heavy atom. The molecule has 1 N–H and O–H groups in total. The van der Waals surface area contributed by atoms with Crippen LogP contribution < -0.4 is 5.32 Å². The Morgan fingerprint density at radius 2 is 2.06 bits per heavy atom. The lowest BCUT2D eigenvalue weighted by Crippen LogP contribution is -2.41. The molecule has 0 bridgehead atoms. The van der Waals surface area contributed by atoms with Gasteiger partial charge in [-0.3, -0.25) is 0 Å². The Hall–Kier alpha value is -0.570. The molecule has 0 amide bonds. The van der Waals surface area contributed by atoms with Crippen molar-refractivity contribution in [3.63, 3.8) is 0 Å². The van der Waals surface area contributed by atoms with Crippen molar-refractivity contribution in [3.05, 3.63) is 34.9 Å². The number of hydrogen-bond acceptors (Lipinski definition) is 2. The van der Waals surface area contributed by atoms with E-state index >= 15 is 0 Å². The fourth-order valence-corrected chi connectivity index (χ4v) is 2.73. The monoisotopic (exact) mass is 267 g/mol. The lowest BCUT2D eigenvalue weighted by Gasteiger charge is -2.24.